The van der Waals surface area contributed by atoms with E-state index in [1.54, 1.807) is 36.4 Å². The largest absolute Gasteiger partial charge is 0.383 e. The number of amides is 2. The molecule has 0 unspecified atom stereocenters. The van der Waals surface area contributed by atoms with Crippen LogP contribution in [0.25, 0.3) is 43.6 Å². The van der Waals surface area contributed by atoms with Crippen molar-refractivity contribution < 1.29 is 9.59 Å². The maximum absolute atomic E-state index is 13.7. The van der Waals surface area contributed by atoms with Crippen LogP contribution in [-0.4, -0.2) is 124 Å². The highest BCUT2D eigenvalue weighted by atomic mass is 35.5. The van der Waals surface area contributed by atoms with Crippen LogP contribution >= 0.6 is 37.2 Å². The van der Waals surface area contributed by atoms with Gasteiger partial charge in [0.05, 0.1) is 32.9 Å². The van der Waals surface area contributed by atoms with Crippen LogP contribution in [0.15, 0.2) is 82.4 Å². The number of rotatable bonds is 16. The molecular weight excluding hydrogens is 789 g/mol. The standard InChI is InChI=1S/C41H49N9O4.3ClH/c1-48(2)22-18-42-32-16-14-28(36-34(32)38(51)26-10-6-8-12-30(26)46-36)40(53)44-20-24-50(5)25-21-45-41(54)29-15-17-33(43-19-23-49(3)4)35-37(29)47-31-13-9-7-11-27(31)39(35)52;;;/h6-17,42-43H,18-25H2,1-5H3,(H,44,53)(H,45,54)(H,46,51)(H,47,52);3*1H. The number of likely N-dealkylation sites (N-methyl/N-ethyl adjacent to an activating group) is 3. The maximum Gasteiger partial charge on any atom is 0.253 e. The molecule has 13 nitrogen and oxygen atoms in total. The molecule has 0 saturated heterocycles. The third kappa shape index (κ3) is 10.7. The highest BCUT2D eigenvalue weighted by Crippen LogP contribution is 2.27. The molecule has 0 bridgehead atoms. The first-order valence-corrected chi connectivity index (χ1v) is 18.2. The second-order valence-electron chi connectivity index (χ2n) is 14.1. The number of aromatic amines is 2. The summed E-state index contributed by atoms with van der Waals surface area (Å²) in [6.45, 7) is 4.60. The monoisotopic (exact) mass is 839 g/mol. The van der Waals surface area contributed by atoms with Crippen LogP contribution in [0, 0.1) is 0 Å². The van der Waals surface area contributed by atoms with E-state index in [4.69, 9.17) is 0 Å². The molecule has 0 fully saturated rings. The van der Waals surface area contributed by atoms with Gasteiger partial charge in [-0.25, -0.2) is 0 Å². The number of anilines is 2. The summed E-state index contributed by atoms with van der Waals surface area (Å²) < 4.78 is 0. The predicted molar refractivity (Wildman–Crippen MR) is 242 cm³/mol. The predicted octanol–water partition coefficient (Wildman–Crippen LogP) is 4.98. The number of nitrogens with one attached hydrogen (secondary N) is 6. The van der Waals surface area contributed by atoms with Gasteiger partial charge in [-0.15, -0.1) is 37.2 Å². The van der Waals surface area contributed by atoms with Crippen molar-refractivity contribution in [3.8, 4) is 0 Å². The molecule has 306 valence electrons. The molecule has 57 heavy (non-hydrogen) atoms. The number of fused-ring (bicyclic) bond motifs is 4. The van der Waals surface area contributed by atoms with Crippen LogP contribution in [0.2, 0.25) is 0 Å². The van der Waals surface area contributed by atoms with Gasteiger partial charge in [0.1, 0.15) is 0 Å². The van der Waals surface area contributed by atoms with Gasteiger partial charge in [0, 0.05) is 85.5 Å². The first kappa shape index (κ1) is 46.5. The average molecular weight is 841 g/mol. The minimum Gasteiger partial charge on any atom is -0.383 e. The first-order valence-electron chi connectivity index (χ1n) is 18.2. The van der Waals surface area contributed by atoms with Gasteiger partial charge in [-0.2, -0.15) is 0 Å². The van der Waals surface area contributed by atoms with Crippen molar-refractivity contribution in [1.29, 1.82) is 0 Å². The van der Waals surface area contributed by atoms with Crippen molar-refractivity contribution in [3.63, 3.8) is 0 Å². The van der Waals surface area contributed by atoms with Gasteiger partial charge >= 0.3 is 0 Å². The Kier molecular flexibility index (Phi) is 17.2. The number of aromatic nitrogens is 2. The molecule has 6 aromatic rings. The zero-order chi connectivity index (χ0) is 38.4. The zero-order valence-electron chi connectivity index (χ0n) is 32.8. The lowest BCUT2D eigenvalue weighted by Gasteiger charge is -2.19. The third-order valence-electron chi connectivity index (χ3n) is 9.52. The van der Waals surface area contributed by atoms with E-state index in [1.165, 1.54) is 0 Å². The Morgan fingerprint density at radius 1 is 0.526 bits per heavy atom. The normalized spacial score (nSPS) is 11.1. The van der Waals surface area contributed by atoms with Crippen molar-refractivity contribution >= 4 is 104 Å². The lowest BCUT2D eigenvalue weighted by molar-refractivity contribution is 0.0950. The number of hydrogen-bond donors (Lipinski definition) is 6. The Morgan fingerprint density at radius 3 is 1.30 bits per heavy atom. The average Bonchev–Trinajstić information content (AvgIpc) is 3.14. The molecule has 4 aromatic carbocycles. The molecule has 0 aliphatic rings. The van der Waals surface area contributed by atoms with Crippen LogP contribution < -0.4 is 32.1 Å². The van der Waals surface area contributed by atoms with Crippen LogP contribution in [0.4, 0.5) is 11.4 Å². The number of hydrogen-bond acceptors (Lipinski definition) is 9. The van der Waals surface area contributed by atoms with Crippen LogP contribution in [-0.2, 0) is 0 Å². The smallest absolute Gasteiger partial charge is 0.253 e. The minimum absolute atomic E-state index is 0. The fourth-order valence-electron chi connectivity index (χ4n) is 6.58. The molecule has 16 heteroatoms. The van der Waals surface area contributed by atoms with E-state index < -0.39 is 0 Å². The van der Waals surface area contributed by atoms with Gasteiger partial charge < -0.3 is 45.9 Å². The first-order chi connectivity index (χ1) is 26.0. The second kappa shape index (κ2) is 21.0. The van der Waals surface area contributed by atoms with Gasteiger partial charge in [-0.05, 0) is 83.8 Å². The van der Waals surface area contributed by atoms with Gasteiger partial charge in [0.2, 0.25) is 0 Å². The molecule has 6 N–H and O–H groups in total. The maximum atomic E-state index is 13.7. The summed E-state index contributed by atoms with van der Waals surface area (Å²) in [7, 11) is 9.86. The number of carbonyl (C=O) groups is 2. The second-order valence-corrected chi connectivity index (χ2v) is 14.1. The summed E-state index contributed by atoms with van der Waals surface area (Å²) in [5, 5.41) is 14.8. The van der Waals surface area contributed by atoms with Crippen molar-refractivity contribution in [2.24, 2.45) is 0 Å². The molecule has 0 radical (unpaired) electrons. The Hall–Kier alpha value is -4.89. The third-order valence-corrected chi connectivity index (χ3v) is 9.52. The number of carbonyl (C=O) groups excluding carboxylic acids is 2. The fourth-order valence-corrected chi connectivity index (χ4v) is 6.58. The summed E-state index contributed by atoms with van der Waals surface area (Å²) >= 11 is 0. The topological polar surface area (TPSA) is 158 Å². The molecule has 0 saturated carbocycles. The van der Waals surface area contributed by atoms with Gasteiger partial charge in [0.25, 0.3) is 11.8 Å². The molecule has 0 spiro atoms. The molecule has 2 aromatic heterocycles. The molecule has 2 amide bonds. The molecule has 0 aliphatic carbocycles. The van der Waals surface area contributed by atoms with E-state index >= 15 is 0 Å². The van der Waals surface area contributed by atoms with E-state index in [9.17, 15) is 19.2 Å². The van der Waals surface area contributed by atoms with Gasteiger partial charge in [-0.1, -0.05) is 24.3 Å². The number of para-hydroxylation sites is 2. The number of H-pyrrole nitrogens is 2. The van der Waals surface area contributed by atoms with Gasteiger partial charge in [0.15, 0.2) is 10.9 Å². The van der Waals surface area contributed by atoms with E-state index in [2.05, 4.69) is 41.0 Å². The van der Waals surface area contributed by atoms with E-state index in [1.807, 2.05) is 76.5 Å². The molecule has 0 aliphatic heterocycles. The summed E-state index contributed by atoms with van der Waals surface area (Å²) in [5.41, 5.74) is 4.16. The van der Waals surface area contributed by atoms with E-state index in [-0.39, 0.29) is 59.9 Å². The van der Waals surface area contributed by atoms with Crippen molar-refractivity contribution in [2.75, 3.05) is 98.2 Å². The summed E-state index contributed by atoms with van der Waals surface area (Å²) in [6, 6.07) is 21.7. The lowest BCUT2D eigenvalue weighted by Crippen LogP contribution is -2.37. The van der Waals surface area contributed by atoms with Crippen LogP contribution in [0.3, 0.4) is 0 Å². The quantitative estimate of drug-likeness (QED) is 0.0741. The highest BCUT2D eigenvalue weighted by molar-refractivity contribution is 6.12. The Morgan fingerprint density at radius 2 is 0.912 bits per heavy atom. The minimum atomic E-state index is -0.291. The number of nitrogens with zero attached hydrogens (tertiary/aromatic N) is 3. The van der Waals surface area contributed by atoms with Crippen molar-refractivity contribution in [3.05, 3.63) is 104 Å². The SMILES string of the molecule is CN(C)CCNc1ccc(C(=O)NCCN(C)CCNC(=O)c2ccc(NCCN(C)C)c3c(=O)c4ccccc4[nH]c23)c2[nH]c3ccccc3c(=O)c12.Cl.Cl.Cl. The lowest BCUT2D eigenvalue weighted by atomic mass is 10.0. The highest BCUT2D eigenvalue weighted by Gasteiger charge is 2.19. The van der Waals surface area contributed by atoms with Gasteiger partial charge in [-0.3, -0.25) is 19.2 Å². The molecule has 2 heterocycles. The van der Waals surface area contributed by atoms with Crippen LogP contribution in [0.1, 0.15) is 20.7 Å². The number of halogens is 3. The number of pyridine rings is 2. The van der Waals surface area contributed by atoms with Crippen molar-refractivity contribution in [1.82, 2.24) is 35.3 Å². The van der Waals surface area contributed by atoms with E-state index in [0.717, 1.165) is 13.1 Å². The molecule has 0 atom stereocenters. The molecule has 6 rings (SSSR count). The summed E-state index contributed by atoms with van der Waals surface area (Å²) in [5.74, 6) is -0.582. The Labute approximate surface area is 350 Å². The Bertz CT molecular complexity index is 2280. The van der Waals surface area contributed by atoms with Crippen molar-refractivity contribution in [2.45, 2.75) is 0 Å². The summed E-state index contributed by atoms with van der Waals surface area (Å²) in [6.07, 6.45) is 0. The molecular formula is C41H52Cl3N9O4. The Balaban J connectivity index is 0.00000290. The summed E-state index contributed by atoms with van der Waals surface area (Å²) in [4.78, 5) is 67.2. The number of benzene rings is 4. The fraction of sp³-hybridized carbons (Fsp3) is 0.317. The van der Waals surface area contributed by atoms with E-state index in [0.29, 0.717) is 105 Å². The van der Waals surface area contributed by atoms with Crippen LogP contribution in [0.5, 0.6) is 0 Å². The zero-order valence-corrected chi connectivity index (χ0v) is 35.2.